The highest BCUT2D eigenvalue weighted by molar-refractivity contribution is 7.88. The number of benzene rings is 1. The fourth-order valence-electron chi connectivity index (χ4n) is 3.15. The summed E-state index contributed by atoms with van der Waals surface area (Å²) < 4.78 is 26.7. The maximum Gasteiger partial charge on any atom is 0.218 e. The van der Waals surface area contributed by atoms with E-state index in [1.807, 2.05) is 0 Å². The average molecular weight is 343 g/mol. The Bertz CT molecular complexity index is 606. The van der Waals surface area contributed by atoms with Crippen LogP contribution < -0.4 is 0 Å². The second-order valence-electron chi connectivity index (χ2n) is 6.40. The molecule has 1 atom stereocenters. The quantitative estimate of drug-likeness (QED) is 0.825. The van der Waals surface area contributed by atoms with Crippen LogP contribution in [0.25, 0.3) is 0 Å². The van der Waals surface area contributed by atoms with Crippen molar-refractivity contribution in [2.45, 2.75) is 31.6 Å². The Morgan fingerprint density at radius 1 is 1.14 bits per heavy atom. The predicted octanol–water partition coefficient (Wildman–Crippen LogP) is 2.59. The third kappa shape index (κ3) is 3.82. The zero-order valence-electron chi connectivity index (χ0n) is 12.9. The minimum absolute atomic E-state index is 0.0579. The maximum absolute atomic E-state index is 12.5. The molecule has 2 aliphatic rings. The number of rotatable bonds is 5. The molecule has 22 heavy (non-hydrogen) atoms. The van der Waals surface area contributed by atoms with E-state index in [0.717, 1.165) is 24.6 Å². The van der Waals surface area contributed by atoms with Gasteiger partial charge >= 0.3 is 0 Å². The van der Waals surface area contributed by atoms with E-state index >= 15 is 0 Å². The lowest BCUT2D eigenvalue weighted by molar-refractivity contribution is 0.133. The van der Waals surface area contributed by atoms with Gasteiger partial charge in [0.05, 0.1) is 5.75 Å². The summed E-state index contributed by atoms with van der Waals surface area (Å²) in [5.41, 5.74) is 0.790. The van der Waals surface area contributed by atoms with Crippen molar-refractivity contribution in [3.05, 3.63) is 34.9 Å². The summed E-state index contributed by atoms with van der Waals surface area (Å²) in [6.45, 7) is 5.17. The summed E-state index contributed by atoms with van der Waals surface area (Å²) in [6, 6.07) is 7.64. The Hall–Kier alpha value is -0.620. The first-order chi connectivity index (χ1) is 10.5. The van der Waals surface area contributed by atoms with E-state index < -0.39 is 10.0 Å². The second kappa shape index (κ2) is 6.48. The van der Waals surface area contributed by atoms with Crippen LogP contribution in [0.15, 0.2) is 24.3 Å². The molecule has 1 aliphatic heterocycles. The highest BCUT2D eigenvalue weighted by Crippen LogP contribution is 2.35. The standard InChI is InChI=1S/C16H23ClN2O2S/c1-13(15-4-5-15)18-8-10-19(11-9-18)22(20,21)12-14-2-6-16(17)7-3-14/h2-3,6-7,13,15H,4-5,8-12H2,1H3. The third-order valence-electron chi connectivity index (χ3n) is 4.81. The Balaban J connectivity index is 1.58. The molecule has 122 valence electrons. The third-order valence-corrected chi connectivity index (χ3v) is 6.91. The van der Waals surface area contributed by atoms with Gasteiger partial charge in [-0.05, 0) is 43.4 Å². The molecule has 0 N–H and O–H groups in total. The van der Waals surface area contributed by atoms with Crippen molar-refractivity contribution in [3.8, 4) is 0 Å². The van der Waals surface area contributed by atoms with Crippen LogP contribution >= 0.6 is 11.6 Å². The molecule has 0 radical (unpaired) electrons. The van der Waals surface area contributed by atoms with Gasteiger partial charge in [-0.25, -0.2) is 8.42 Å². The molecule has 1 saturated carbocycles. The smallest absolute Gasteiger partial charge is 0.218 e. The lowest BCUT2D eigenvalue weighted by Crippen LogP contribution is -2.51. The molecule has 0 amide bonds. The number of hydrogen-bond acceptors (Lipinski definition) is 3. The molecule has 4 nitrogen and oxygen atoms in total. The van der Waals surface area contributed by atoms with Gasteiger partial charge in [0, 0.05) is 37.2 Å². The lowest BCUT2D eigenvalue weighted by atomic mass is 10.1. The molecule has 2 fully saturated rings. The van der Waals surface area contributed by atoms with Gasteiger partial charge in [-0.2, -0.15) is 4.31 Å². The van der Waals surface area contributed by atoms with Crippen molar-refractivity contribution in [3.63, 3.8) is 0 Å². The summed E-state index contributed by atoms with van der Waals surface area (Å²) in [4.78, 5) is 2.44. The van der Waals surface area contributed by atoms with Gasteiger partial charge in [0.15, 0.2) is 0 Å². The van der Waals surface area contributed by atoms with Gasteiger partial charge in [-0.3, -0.25) is 4.90 Å². The number of piperazine rings is 1. The normalized spacial score (nSPS) is 22.6. The summed E-state index contributed by atoms with van der Waals surface area (Å²) >= 11 is 5.84. The molecule has 1 unspecified atom stereocenters. The maximum atomic E-state index is 12.5. The van der Waals surface area contributed by atoms with Crippen molar-refractivity contribution in [1.82, 2.24) is 9.21 Å². The average Bonchev–Trinajstić information content (AvgIpc) is 3.34. The SMILES string of the molecule is CC(C1CC1)N1CCN(S(=O)(=O)Cc2ccc(Cl)cc2)CC1. The zero-order chi connectivity index (χ0) is 15.7. The fourth-order valence-corrected chi connectivity index (χ4v) is 4.79. The molecule has 1 aliphatic carbocycles. The number of nitrogens with zero attached hydrogens (tertiary/aromatic N) is 2. The first-order valence-corrected chi connectivity index (χ1v) is 9.91. The largest absolute Gasteiger partial charge is 0.298 e. The van der Waals surface area contributed by atoms with Crippen LogP contribution in [0.1, 0.15) is 25.3 Å². The van der Waals surface area contributed by atoms with Gasteiger partial charge in [0.2, 0.25) is 10.0 Å². The Morgan fingerprint density at radius 2 is 1.73 bits per heavy atom. The Morgan fingerprint density at radius 3 is 2.27 bits per heavy atom. The van der Waals surface area contributed by atoms with Crippen molar-refractivity contribution >= 4 is 21.6 Å². The summed E-state index contributed by atoms with van der Waals surface area (Å²) in [5.74, 6) is 0.889. The molecule has 1 saturated heterocycles. The summed E-state index contributed by atoms with van der Waals surface area (Å²) in [6.07, 6.45) is 2.66. The van der Waals surface area contributed by atoms with Crippen LogP contribution in [-0.4, -0.2) is 49.8 Å². The van der Waals surface area contributed by atoms with Crippen LogP contribution in [0, 0.1) is 5.92 Å². The number of sulfonamides is 1. The van der Waals surface area contributed by atoms with Crippen LogP contribution in [0.3, 0.4) is 0 Å². The van der Waals surface area contributed by atoms with Crippen LogP contribution in [0.4, 0.5) is 0 Å². The number of halogens is 1. The monoisotopic (exact) mass is 342 g/mol. The Kier molecular flexibility index (Phi) is 4.78. The van der Waals surface area contributed by atoms with Crippen LogP contribution in [0.2, 0.25) is 5.02 Å². The molecule has 0 bridgehead atoms. The molecule has 6 heteroatoms. The molecule has 0 aromatic heterocycles. The molecule has 1 aromatic rings. The van der Waals surface area contributed by atoms with Crippen molar-refractivity contribution in [2.24, 2.45) is 5.92 Å². The van der Waals surface area contributed by atoms with Crippen molar-refractivity contribution in [1.29, 1.82) is 0 Å². The lowest BCUT2D eigenvalue weighted by Gasteiger charge is -2.37. The summed E-state index contributed by atoms with van der Waals surface area (Å²) in [5, 5.41) is 0.629. The molecule has 3 rings (SSSR count). The molecule has 1 heterocycles. The molecular weight excluding hydrogens is 320 g/mol. The zero-order valence-corrected chi connectivity index (χ0v) is 14.5. The van der Waals surface area contributed by atoms with Crippen LogP contribution in [-0.2, 0) is 15.8 Å². The summed E-state index contributed by atoms with van der Waals surface area (Å²) in [7, 11) is -3.24. The first kappa shape index (κ1) is 16.2. The van der Waals surface area contributed by atoms with Gasteiger partial charge in [-0.1, -0.05) is 23.7 Å². The molecular formula is C16H23ClN2O2S. The highest BCUT2D eigenvalue weighted by Gasteiger charge is 2.35. The van der Waals surface area contributed by atoms with Gasteiger partial charge < -0.3 is 0 Å². The number of hydrogen-bond donors (Lipinski definition) is 0. The van der Waals surface area contributed by atoms with E-state index in [9.17, 15) is 8.42 Å². The minimum atomic E-state index is -3.24. The highest BCUT2D eigenvalue weighted by atomic mass is 35.5. The van der Waals surface area contributed by atoms with E-state index in [-0.39, 0.29) is 5.75 Å². The van der Waals surface area contributed by atoms with Gasteiger partial charge in [-0.15, -0.1) is 0 Å². The topological polar surface area (TPSA) is 40.6 Å². The van der Waals surface area contributed by atoms with Crippen molar-refractivity contribution in [2.75, 3.05) is 26.2 Å². The van der Waals surface area contributed by atoms with E-state index in [0.29, 0.717) is 24.2 Å². The predicted molar refractivity (Wildman–Crippen MR) is 89.4 cm³/mol. The second-order valence-corrected chi connectivity index (χ2v) is 8.80. The minimum Gasteiger partial charge on any atom is -0.298 e. The fraction of sp³-hybridized carbons (Fsp3) is 0.625. The Labute approximate surface area is 138 Å². The van der Waals surface area contributed by atoms with Gasteiger partial charge in [0.1, 0.15) is 0 Å². The van der Waals surface area contributed by atoms with E-state index in [1.165, 1.54) is 12.8 Å². The van der Waals surface area contributed by atoms with Crippen molar-refractivity contribution < 1.29 is 8.42 Å². The first-order valence-electron chi connectivity index (χ1n) is 7.92. The van der Waals surface area contributed by atoms with E-state index in [2.05, 4.69) is 11.8 Å². The van der Waals surface area contributed by atoms with E-state index in [1.54, 1.807) is 28.6 Å². The van der Waals surface area contributed by atoms with E-state index in [4.69, 9.17) is 11.6 Å². The molecule has 0 spiro atoms. The molecule has 1 aromatic carbocycles. The van der Waals surface area contributed by atoms with Crippen LogP contribution in [0.5, 0.6) is 0 Å². The van der Waals surface area contributed by atoms with Gasteiger partial charge in [0.25, 0.3) is 0 Å².